The number of piperidine rings is 1. The highest BCUT2D eigenvalue weighted by Crippen LogP contribution is 2.63. The molecule has 6 atom stereocenters. The van der Waals surface area contributed by atoms with Crippen LogP contribution in [0.2, 0.25) is 0 Å². The van der Waals surface area contributed by atoms with Crippen LogP contribution in [0.25, 0.3) is 0 Å². The molecule has 22 heavy (non-hydrogen) atoms. The number of ketones is 1. The molecule has 4 fully saturated rings. The lowest BCUT2D eigenvalue weighted by atomic mass is 9.47. The highest BCUT2D eigenvalue weighted by atomic mass is 16.2. The Kier molecular flexibility index (Phi) is 3.06. The Labute approximate surface area is 133 Å². The van der Waals surface area contributed by atoms with E-state index in [1.807, 2.05) is 11.9 Å². The zero-order valence-electron chi connectivity index (χ0n) is 14.2. The number of fused-ring (bicyclic) bond motifs is 5. The molecule has 0 aromatic carbocycles. The van der Waals surface area contributed by atoms with Gasteiger partial charge >= 0.3 is 0 Å². The van der Waals surface area contributed by atoms with Gasteiger partial charge in [0.15, 0.2) is 0 Å². The Morgan fingerprint density at radius 2 is 1.73 bits per heavy atom. The zero-order chi connectivity index (χ0) is 15.7. The van der Waals surface area contributed by atoms with E-state index in [9.17, 15) is 9.59 Å². The second kappa shape index (κ2) is 4.58. The van der Waals surface area contributed by atoms with Gasteiger partial charge in [0, 0.05) is 31.3 Å². The molecule has 6 unspecified atom stereocenters. The molecule has 0 spiro atoms. The molecule has 0 N–H and O–H groups in total. The highest BCUT2D eigenvalue weighted by Gasteiger charge is 2.61. The summed E-state index contributed by atoms with van der Waals surface area (Å²) in [6, 6.07) is 0.427. The smallest absolute Gasteiger partial charge is 0.222 e. The molecule has 3 saturated carbocycles. The van der Waals surface area contributed by atoms with Crippen LogP contribution in [0.1, 0.15) is 65.2 Å². The van der Waals surface area contributed by atoms with Gasteiger partial charge < -0.3 is 4.90 Å². The maximum absolute atomic E-state index is 12.4. The van der Waals surface area contributed by atoms with Crippen LogP contribution in [-0.4, -0.2) is 29.7 Å². The van der Waals surface area contributed by atoms with Gasteiger partial charge in [-0.15, -0.1) is 0 Å². The maximum Gasteiger partial charge on any atom is 0.222 e. The number of carbonyl (C=O) groups excluding carboxylic acids is 2. The molecule has 0 aromatic heterocycles. The van der Waals surface area contributed by atoms with Crippen LogP contribution in [0.5, 0.6) is 0 Å². The molecular weight excluding hydrogens is 274 g/mol. The quantitative estimate of drug-likeness (QED) is 0.687. The fourth-order valence-corrected chi connectivity index (χ4v) is 6.92. The molecule has 0 aromatic rings. The van der Waals surface area contributed by atoms with Gasteiger partial charge in [-0.25, -0.2) is 0 Å². The van der Waals surface area contributed by atoms with E-state index in [4.69, 9.17) is 0 Å². The van der Waals surface area contributed by atoms with E-state index in [1.54, 1.807) is 0 Å². The van der Waals surface area contributed by atoms with E-state index in [2.05, 4.69) is 13.8 Å². The van der Waals surface area contributed by atoms with Crippen molar-refractivity contribution in [1.29, 1.82) is 0 Å². The number of Topliss-reactive ketones (excluding diaryl/α,β-unsaturated/α-hetero) is 1. The minimum Gasteiger partial charge on any atom is -0.342 e. The lowest BCUT2D eigenvalue weighted by Gasteiger charge is -2.61. The maximum atomic E-state index is 12.4. The van der Waals surface area contributed by atoms with Gasteiger partial charge in [0.05, 0.1) is 0 Å². The van der Waals surface area contributed by atoms with Gasteiger partial charge in [0.2, 0.25) is 5.91 Å². The van der Waals surface area contributed by atoms with Gasteiger partial charge in [-0.1, -0.05) is 13.8 Å². The van der Waals surface area contributed by atoms with Crippen molar-refractivity contribution >= 4 is 11.7 Å². The normalized spacial score (nSPS) is 51.3. The van der Waals surface area contributed by atoms with Gasteiger partial charge in [0.25, 0.3) is 0 Å². The van der Waals surface area contributed by atoms with Gasteiger partial charge in [-0.05, 0) is 61.7 Å². The molecule has 0 radical (unpaired) electrons. The molecule has 1 saturated heterocycles. The predicted octanol–water partition coefficient (Wildman–Crippen LogP) is 3.42. The monoisotopic (exact) mass is 303 g/mol. The average molecular weight is 303 g/mol. The molecule has 122 valence electrons. The summed E-state index contributed by atoms with van der Waals surface area (Å²) >= 11 is 0. The van der Waals surface area contributed by atoms with E-state index in [-0.39, 0.29) is 10.8 Å². The first-order valence-corrected chi connectivity index (χ1v) is 9.17. The van der Waals surface area contributed by atoms with Crippen LogP contribution in [0.15, 0.2) is 0 Å². The first kappa shape index (κ1) is 14.7. The first-order valence-electron chi connectivity index (χ1n) is 9.17. The molecule has 4 rings (SSSR count). The second-order valence-electron chi connectivity index (χ2n) is 8.90. The van der Waals surface area contributed by atoms with E-state index < -0.39 is 0 Å². The molecule has 0 bridgehead atoms. The third kappa shape index (κ3) is 1.68. The summed E-state index contributed by atoms with van der Waals surface area (Å²) in [4.78, 5) is 26.6. The van der Waals surface area contributed by atoms with Crippen molar-refractivity contribution in [3.63, 3.8) is 0 Å². The van der Waals surface area contributed by atoms with Crippen LogP contribution >= 0.6 is 0 Å². The van der Waals surface area contributed by atoms with Crippen LogP contribution in [-0.2, 0) is 9.59 Å². The zero-order valence-corrected chi connectivity index (χ0v) is 14.2. The number of likely N-dealkylation sites (tertiary alicyclic amines) is 1. The number of rotatable bonds is 0. The highest BCUT2D eigenvalue weighted by molar-refractivity contribution is 5.87. The van der Waals surface area contributed by atoms with Gasteiger partial charge in [-0.3, -0.25) is 9.59 Å². The van der Waals surface area contributed by atoms with E-state index in [1.165, 1.54) is 12.8 Å². The molecule has 3 aliphatic carbocycles. The Bertz CT molecular complexity index is 530. The molecule has 1 amide bonds. The molecule has 1 heterocycles. The lowest BCUT2D eigenvalue weighted by Crippen LogP contribution is -2.61. The average Bonchev–Trinajstić information content (AvgIpc) is 2.79. The minimum absolute atomic E-state index is 0.0270. The molecule has 1 aliphatic heterocycles. The van der Waals surface area contributed by atoms with Crippen molar-refractivity contribution in [2.75, 3.05) is 7.05 Å². The van der Waals surface area contributed by atoms with Crippen molar-refractivity contribution in [1.82, 2.24) is 4.90 Å². The summed E-state index contributed by atoms with van der Waals surface area (Å²) in [6.07, 6.45) is 8.33. The van der Waals surface area contributed by atoms with Gasteiger partial charge in [0.1, 0.15) is 5.78 Å². The Morgan fingerprint density at radius 3 is 2.50 bits per heavy atom. The number of hydrogen-bond donors (Lipinski definition) is 0. The Balaban J connectivity index is 1.67. The van der Waals surface area contributed by atoms with Crippen molar-refractivity contribution in [2.24, 2.45) is 28.6 Å². The minimum atomic E-state index is -0.0270. The lowest BCUT2D eigenvalue weighted by molar-refractivity contribution is -0.158. The third-order valence-electron chi connectivity index (χ3n) is 8.27. The van der Waals surface area contributed by atoms with Gasteiger partial charge in [-0.2, -0.15) is 0 Å². The standard InChI is InChI=1S/C19H29NO2/c1-18-11-9-17(22)20(3)15(18)6-4-12-13-5-7-16(21)19(13,2)10-8-14(12)18/h12-15H,4-11H2,1-3H3. The number of hydrogen-bond acceptors (Lipinski definition) is 2. The number of amides is 1. The topological polar surface area (TPSA) is 37.4 Å². The fourth-order valence-electron chi connectivity index (χ4n) is 6.92. The van der Waals surface area contributed by atoms with Crippen molar-refractivity contribution in [3.8, 4) is 0 Å². The van der Waals surface area contributed by atoms with E-state index in [0.29, 0.717) is 41.9 Å². The molecule has 4 aliphatic rings. The third-order valence-corrected chi connectivity index (χ3v) is 8.27. The van der Waals surface area contributed by atoms with E-state index in [0.717, 1.165) is 32.1 Å². The summed E-state index contributed by atoms with van der Waals surface area (Å²) in [5.74, 6) is 2.90. The van der Waals surface area contributed by atoms with Crippen molar-refractivity contribution in [2.45, 2.75) is 71.3 Å². The van der Waals surface area contributed by atoms with E-state index >= 15 is 0 Å². The summed E-state index contributed by atoms with van der Waals surface area (Å²) in [6.45, 7) is 4.69. The van der Waals surface area contributed by atoms with Crippen LogP contribution in [0, 0.1) is 28.6 Å². The van der Waals surface area contributed by atoms with Crippen LogP contribution in [0.4, 0.5) is 0 Å². The fraction of sp³-hybridized carbons (Fsp3) is 0.895. The Hall–Kier alpha value is -0.860. The number of carbonyl (C=O) groups is 2. The predicted molar refractivity (Wildman–Crippen MR) is 85.2 cm³/mol. The SMILES string of the molecule is CN1C(=O)CCC2(C)C3CCC4(C)C(=O)CCC4C3CCC12. The summed E-state index contributed by atoms with van der Waals surface area (Å²) in [5.41, 5.74) is 0.249. The first-order chi connectivity index (χ1) is 10.4. The Morgan fingerprint density at radius 1 is 0.955 bits per heavy atom. The molecular formula is C19H29NO2. The molecule has 3 heteroatoms. The second-order valence-corrected chi connectivity index (χ2v) is 8.90. The van der Waals surface area contributed by atoms with Crippen LogP contribution in [0.3, 0.4) is 0 Å². The number of nitrogens with zero attached hydrogens (tertiary/aromatic N) is 1. The molecule has 3 nitrogen and oxygen atoms in total. The summed E-state index contributed by atoms with van der Waals surface area (Å²) < 4.78 is 0. The largest absolute Gasteiger partial charge is 0.342 e. The summed E-state index contributed by atoms with van der Waals surface area (Å²) in [5, 5.41) is 0. The summed E-state index contributed by atoms with van der Waals surface area (Å²) in [7, 11) is 2.01. The van der Waals surface area contributed by atoms with Crippen molar-refractivity contribution < 1.29 is 9.59 Å². The van der Waals surface area contributed by atoms with Crippen molar-refractivity contribution in [3.05, 3.63) is 0 Å². The van der Waals surface area contributed by atoms with Crippen LogP contribution < -0.4 is 0 Å².